The number of hydrogen-bond acceptors (Lipinski definition) is 7. The van der Waals surface area contributed by atoms with Crippen LogP contribution in [0.3, 0.4) is 0 Å². The zero-order valence-electron chi connectivity index (χ0n) is 14.2. The summed E-state index contributed by atoms with van der Waals surface area (Å²) < 4.78 is 91.9. The van der Waals surface area contributed by atoms with Gasteiger partial charge in [0.2, 0.25) is 9.84 Å². The molecule has 160 valence electrons. The standard InChI is InChI=1S/C16H8Cl2F3NO5S3/c17-10-5-11(18)7-12(6-10)27-30(25,26)15-4-3-14(28-15)29(23,24)13-2-1-9(8-22-13)16(19,20)21/h1-8H. The number of pyridine rings is 1. The number of halogens is 5. The average molecular weight is 518 g/mol. The van der Waals surface area contributed by atoms with Crippen molar-refractivity contribution in [3.8, 4) is 5.75 Å². The minimum Gasteiger partial charge on any atom is -0.378 e. The van der Waals surface area contributed by atoms with Gasteiger partial charge in [-0.15, -0.1) is 11.3 Å². The molecule has 0 saturated carbocycles. The van der Waals surface area contributed by atoms with Crippen LogP contribution in [0.5, 0.6) is 5.75 Å². The van der Waals surface area contributed by atoms with Gasteiger partial charge in [0.1, 0.15) is 9.96 Å². The van der Waals surface area contributed by atoms with Gasteiger partial charge in [-0.05, 0) is 30.3 Å². The van der Waals surface area contributed by atoms with E-state index in [1.165, 1.54) is 18.2 Å². The topological polar surface area (TPSA) is 90.4 Å². The Hall–Kier alpha value is -1.86. The quantitative estimate of drug-likeness (QED) is 0.439. The zero-order chi connectivity index (χ0) is 22.3. The number of thiophene rings is 1. The van der Waals surface area contributed by atoms with Crippen LogP contribution in [-0.2, 0) is 26.1 Å². The van der Waals surface area contributed by atoms with Gasteiger partial charge >= 0.3 is 16.3 Å². The molecular formula is C16H8Cl2F3NO5S3. The van der Waals surface area contributed by atoms with Crippen molar-refractivity contribution in [1.82, 2.24) is 4.98 Å². The van der Waals surface area contributed by atoms with Crippen LogP contribution in [-0.4, -0.2) is 21.8 Å². The van der Waals surface area contributed by atoms with Crippen molar-refractivity contribution in [2.45, 2.75) is 19.6 Å². The maximum absolute atomic E-state index is 12.6. The van der Waals surface area contributed by atoms with Gasteiger partial charge in [0.15, 0.2) is 9.24 Å². The highest BCUT2D eigenvalue weighted by Gasteiger charge is 2.32. The van der Waals surface area contributed by atoms with E-state index < -0.39 is 45.1 Å². The second-order valence-electron chi connectivity index (χ2n) is 5.60. The molecule has 0 bridgehead atoms. The first-order valence-electron chi connectivity index (χ1n) is 7.58. The second-order valence-corrected chi connectivity index (χ2v) is 11.5. The largest absolute Gasteiger partial charge is 0.417 e. The van der Waals surface area contributed by atoms with Crippen LogP contribution in [0.4, 0.5) is 13.2 Å². The number of benzene rings is 1. The molecule has 3 aromatic rings. The fourth-order valence-electron chi connectivity index (χ4n) is 2.14. The number of rotatable bonds is 5. The Morgan fingerprint density at radius 3 is 2.03 bits per heavy atom. The molecular weight excluding hydrogens is 510 g/mol. The highest BCUT2D eigenvalue weighted by molar-refractivity contribution is 7.94. The SMILES string of the molecule is O=S(=O)(Oc1cc(Cl)cc(Cl)c1)c1ccc(S(=O)(=O)c2ccc(C(F)(F)F)cn2)s1. The second kappa shape index (κ2) is 8.00. The monoisotopic (exact) mass is 517 g/mol. The van der Waals surface area contributed by atoms with Gasteiger partial charge in [-0.2, -0.15) is 21.6 Å². The van der Waals surface area contributed by atoms with Crippen LogP contribution in [0.15, 0.2) is 62.1 Å². The molecule has 3 rings (SSSR count). The van der Waals surface area contributed by atoms with Gasteiger partial charge in [0.05, 0.1) is 5.56 Å². The fraction of sp³-hybridized carbons (Fsp3) is 0.0625. The Bertz CT molecular complexity index is 1280. The summed E-state index contributed by atoms with van der Waals surface area (Å²) in [6.07, 6.45) is -4.30. The molecule has 0 radical (unpaired) electrons. The summed E-state index contributed by atoms with van der Waals surface area (Å²) in [5, 5.41) is -0.421. The molecule has 2 aromatic heterocycles. The van der Waals surface area contributed by atoms with Crippen molar-refractivity contribution in [2.75, 3.05) is 0 Å². The molecule has 0 N–H and O–H groups in total. The van der Waals surface area contributed by atoms with Crippen LogP contribution in [0.25, 0.3) is 0 Å². The van der Waals surface area contributed by atoms with Crippen LogP contribution < -0.4 is 4.18 Å². The highest BCUT2D eigenvalue weighted by Crippen LogP contribution is 2.34. The van der Waals surface area contributed by atoms with Crippen LogP contribution in [0.2, 0.25) is 10.0 Å². The van der Waals surface area contributed by atoms with Crippen molar-refractivity contribution >= 4 is 54.5 Å². The van der Waals surface area contributed by atoms with Crippen molar-refractivity contribution in [1.29, 1.82) is 0 Å². The van der Waals surface area contributed by atoms with Crippen molar-refractivity contribution in [3.05, 3.63) is 64.3 Å². The van der Waals surface area contributed by atoms with Gasteiger partial charge in [-0.25, -0.2) is 13.4 Å². The van der Waals surface area contributed by atoms with Gasteiger partial charge in [-0.1, -0.05) is 23.2 Å². The van der Waals surface area contributed by atoms with Gasteiger partial charge < -0.3 is 4.18 Å². The van der Waals surface area contributed by atoms with E-state index in [9.17, 15) is 30.0 Å². The first kappa shape index (κ1) is 22.8. The molecule has 6 nitrogen and oxygen atoms in total. The summed E-state index contributed by atoms with van der Waals surface area (Å²) in [4.78, 5) is 3.34. The van der Waals surface area contributed by atoms with E-state index in [1.54, 1.807) is 0 Å². The molecule has 0 aliphatic rings. The summed E-state index contributed by atoms with van der Waals surface area (Å²) >= 11 is 11.9. The lowest BCUT2D eigenvalue weighted by atomic mass is 10.3. The number of aromatic nitrogens is 1. The predicted octanol–water partition coefficient (Wildman–Crippen LogP) is 5.07. The van der Waals surface area contributed by atoms with Crippen LogP contribution in [0, 0.1) is 0 Å². The number of alkyl halides is 3. The lowest BCUT2D eigenvalue weighted by Gasteiger charge is -2.07. The van der Waals surface area contributed by atoms with Crippen molar-refractivity contribution < 1.29 is 34.2 Å². The molecule has 2 heterocycles. The Morgan fingerprint density at radius 2 is 1.50 bits per heavy atom. The molecule has 0 aliphatic heterocycles. The fourth-order valence-corrected chi connectivity index (χ4v) is 6.57. The van der Waals surface area contributed by atoms with Crippen molar-refractivity contribution in [3.63, 3.8) is 0 Å². The molecule has 0 fully saturated rings. The van der Waals surface area contributed by atoms with E-state index in [-0.39, 0.29) is 15.8 Å². The van der Waals surface area contributed by atoms with E-state index in [2.05, 4.69) is 4.98 Å². The molecule has 0 unspecified atom stereocenters. The van der Waals surface area contributed by atoms with E-state index >= 15 is 0 Å². The maximum Gasteiger partial charge on any atom is 0.417 e. The third-order valence-corrected chi connectivity index (χ3v) is 8.83. The molecule has 0 aliphatic carbocycles. The Morgan fingerprint density at radius 1 is 0.900 bits per heavy atom. The number of hydrogen-bond donors (Lipinski definition) is 0. The highest BCUT2D eigenvalue weighted by atomic mass is 35.5. The van der Waals surface area contributed by atoms with Crippen LogP contribution in [0.1, 0.15) is 5.56 Å². The number of sulfone groups is 1. The first-order chi connectivity index (χ1) is 13.8. The van der Waals surface area contributed by atoms with Gasteiger partial charge in [0.25, 0.3) is 0 Å². The maximum atomic E-state index is 12.6. The van der Waals surface area contributed by atoms with E-state index in [4.69, 9.17) is 27.4 Å². The summed E-state index contributed by atoms with van der Waals surface area (Å²) in [6, 6.07) is 6.98. The summed E-state index contributed by atoms with van der Waals surface area (Å²) in [5.74, 6) is -0.185. The minimum absolute atomic E-state index is 0.121. The molecule has 30 heavy (non-hydrogen) atoms. The predicted molar refractivity (Wildman–Crippen MR) is 103 cm³/mol. The molecule has 14 heteroatoms. The Labute approximate surface area is 182 Å². The number of nitrogens with zero attached hydrogens (tertiary/aromatic N) is 1. The summed E-state index contributed by atoms with van der Waals surface area (Å²) in [5.41, 5.74) is -1.12. The normalized spacial score (nSPS) is 12.7. The zero-order valence-corrected chi connectivity index (χ0v) is 18.2. The van der Waals surface area contributed by atoms with E-state index in [1.807, 2.05) is 0 Å². The Kier molecular flexibility index (Phi) is 6.09. The Balaban J connectivity index is 1.90. The lowest BCUT2D eigenvalue weighted by Crippen LogP contribution is -2.08. The van der Waals surface area contributed by atoms with Gasteiger partial charge in [-0.3, -0.25) is 0 Å². The van der Waals surface area contributed by atoms with Crippen LogP contribution >= 0.6 is 34.5 Å². The minimum atomic E-state index is -4.68. The molecule has 0 spiro atoms. The first-order valence-corrected chi connectivity index (χ1v) is 12.0. The summed E-state index contributed by atoms with van der Waals surface area (Å²) in [7, 11) is -8.78. The molecule has 0 atom stereocenters. The third kappa shape index (κ3) is 4.89. The average Bonchev–Trinajstić information content (AvgIpc) is 3.11. The van der Waals surface area contributed by atoms with Crippen molar-refractivity contribution in [2.24, 2.45) is 0 Å². The van der Waals surface area contributed by atoms with E-state index in [0.717, 1.165) is 12.1 Å². The molecule has 0 amide bonds. The lowest BCUT2D eigenvalue weighted by molar-refractivity contribution is -0.137. The summed E-state index contributed by atoms with van der Waals surface area (Å²) in [6.45, 7) is 0. The molecule has 1 aromatic carbocycles. The van der Waals surface area contributed by atoms with E-state index in [0.29, 0.717) is 29.7 Å². The third-order valence-electron chi connectivity index (χ3n) is 3.45. The van der Waals surface area contributed by atoms with Gasteiger partial charge in [0, 0.05) is 28.4 Å². The smallest absolute Gasteiger partial charge is 0.378 e. The molecule has 0 saturated heterocycles.